The normalized spacial score (nSPS) is 13.6. The second-order valence-electron chi connectivity index (χ2n) is 3.73. The number of ether oxygens (including phenoxy) is 1. The van der Waals surface area contributed by atoms with E-state index in [1.807, 2.05) is 34.2 Å². The van der Waals surface area contributed by atoms with Crippen LogP contribution in [0.1, 0.15) is 0 Å². The van der Waals surface area contributed by atoms with Crippen molar-refractivity contribution in [3.05, 3.63) is 37.1 Å². The summed E-state index contributed by atoms with van der Waals surface area (Å²) in [6, 6.07) is 3.81. The van der Waals surface area contributed by atoms with Crippen LogP contribution in [0.4, 0.5) is 16.3 Å². The molecule has 3 heterocycles. The number of amides is 1. The lowest BCUT2D eigenvalue weighted by Gasteiger charge is -2.19. The fourth-order valence-corrected chi connectivity index (χ4v) is 1.92. The fraction of sp³-hybridized carbons (Fsp3) is 0.182. The summed E-state index contributed by atoms with van der Waals surface area (Å²) < 4.78 is 6.61. The number of nitrogens with zero attached hydrogens (tertiary/aromatic N) is 5. The second-order valence-corrected chi connectivity index (χ2v) is 3.73. The Morgan fingerprint density at radius 3 is 2.89 bits per heavy atom. The first kappa shape index (κ1) is 10.6. The molecule has 0 unspecified atom stereocenters. The van der Waals surface area contributed by atoms with Crippen LogP contribution in [0, 0.1) is 0 Å². The van der Waals surface area contributed by atoms with Crippen LogP contribution in [-0.2, 0) is 4.74 Å². The molecule has 3 rings (SSSR count). The molecule has 0 atom stereocenters. The average molecular weight is 245 g/mol. The Morgan fingerprint density at radius 2 is 2.17 bits per heavy atom. The number of hydrogen-bond acceptors (Lipinski definition) is 5. The minimum Gasteiger partial charge on any atom is -0.452 e. The van der Waals surface area contributed by atoms with Gasteiger partial charge in [-0.15, -0.1) is 0 Å². The van der Waals surface area contributed by atoms with Crippen molar-refractivity contribution in [2.45, 2.75) is 0 Å². The van der Waals surface area contributed by atoms with Gasteiger partial charge in [0.15, 0.2) is 5.82 Å². The van der Waals surface area contributed by atoms with Crippen LogP contribution < -0.4 is 9.91 Å². The highest BCUT2D eigenvalue weighted by atomic mass is 16.5. The summed E-state index contributed by atoms with van der Waals surface area (Å²) >= 11 is 0. The Balaban J connectivity index is 2.04. The van der Waals surface area contributed by atoms with Crippen LogP contribution in [0.3, 0.4) is 0 Å². The van der Waals surface area contributed by atoms with Crippen LogP contribution in [0.15, 0.2) is 37.1 Å². The van der Waals surface area contributed by atoms with Gasteiger partial charge in [-0.1, -0.05) is 0 Å². The van der Waals surface area contributed by atoms with E-state index < -0.39 is 6.09 Å². The summed E-state index contributed by atoms with van der Waals surface area (Å²) in [7, 11) is 1.35. The topological polar surface area (TPSA) is 63.5 Å². The summed E-state index contributed by atoms with van der Waals surface area (Å²) in [6.07, 6.45) is 6.39. The standard InChI is InChI=1S/C11H11N5O2/c1-18-11(17)15-8-16(14-4-2-3-5-14)10-9(15)6-12-7-13-10/h2-7H,8H2,1H3. The molecule has 0 saturated carbocycles. The molecule has 7 nitrogen and oxygen atoms in total. The van der Waals surface area contributed by atoms with Crippen molar-refractivity contribution in [2.75, 3.05) is 23.7 Å². The van der Waals surface area contributed by atoms with E-state index in [0.717, 1.165) is 0 Å². The highest BCUT2D eigenvalue weighted by molar-refractivity contribution is 5.94. The van der Waals surface area contributed by atoms with Gasteiger partial charge in [-0.25, -0.2) is 19.8 Å². The number of carbonyl (C=O) groups is 1. The highest BCUT2D eigenvalue weighted by Crippen LogP contribution is 2.33. The predicted molar refractivity (Wildman–Crippen MR) is 64.1 cm³/mol. The molecule has 0 fully saturated rings. The van der Waals surface area contributed by atoms with Gasteiger partial charge in [-0.2, -0.15) is 0 Å². The molecule has 0 bridgehead atoms. The zero-order valence-electron chi connectivity index (χ0n) is 9.72. The Kier molecular flexibility index (Phi) is 2.36. The van der Waals surface area contributed by atoms with Gasteiger partial charge in [0, 0.05) is 12.4 Å². The molecule has 0 aromatic carbocycles. The first-order chi connectivity index (χ1) is 8.81. The first-order valence-electron chi connectivity index (χ1n) is 5.37. The van der Waals surface area contributed by atoms with E-state index in [1.165, 1.54) is 18.3 Å². The molecule has 0 aliphatic carbocycles. The van der Waals surface area contributed by atoms with E-state index in [-0.39, 0.29) is 0 Å². The van der Waals surface area contributed by atoms with E-state index in [9.17, 15) is 4.79 Å². The molecule has 2 aromatic heterocycles. The van der Waals surface area contributed by atoms with Crippen molar-refractivity contribution < 1.29 is 9.53 Å². The van der Waals surface area contributed by atoms with E-state index in [2.05, 4.69) is 9.97 Å². The van der Waals surface area contributed by atoms with Crippen LogP contribution in [-0.4, -0.2) is 34.5 Å². The van der Waals surface area contributed by atoms with E-state index in [0.29, 0.717) is 18.2 Å². The number of carbonyl (C=O) groups excluding carboxylic acids is 1. The zero-order chi connectivity index (χ0) is 12.5. The van der Waals surface area contributed by atoms with Gasteiger partial charge >= 0.3 is 6.09 Å². The van der Waals surface area contributed by atoms with Crippen molar-refractivity contribution in [3.8, 4) is 0 Å². The van der Waals surface area contributed by atoms with Crippen molar-refractivity contribution in [1.29, 1.82) is 0 Å². The smallest absolute Gasteiger partial charge is 0.415 e. The van der Waals surface area contributed by atoms with Gasteiger partial charge in [0.25, 0.3) is 0 Å². The lowest BCUT2D eigenvalue weighted by molar-refractivity contribution is 0.179. The highest BCUT2D eigenvalue weighted by Gasteiger charge is 2.33. The molecule has 7 heteroatoms. The number of methoxy groups -OCH3 is 1. The molecular formula is C11H11N5O2. The first-order valence-corrected chi connectivity index (χ1v) is 5.37. The third kappa shape index (κ3) is 1.48. The van der Waals surface area contributed by atoms with E-state index in [1.54, 1.807) is 6.20 Å². The molecule has 18 heavy (non-hydrogen) atoms. The van der Waals surface area contributed by atoms with Crippen LogP contribution in [0.25, 0.3) is 0 Å². The fourth-order valence-electron chi connectivity index (χ4n) is 1.92. The maximum atomic E-state index is 11.7. The Morgan fingerprint density at radius 1 is 1.39 bits per heavy atom. The van der Waals surface area contributed by atoms with Gasteiger partial charge in [0.2, 0.25) is 0 Å². The minimum absolute atomic E-state index is 0.343. The summed E-state index contributed by atoms with van der Waals surface area (Å²) in [5.41, 5.74) is 0.637. The Hall–Kier alpha value is -2.57. The Labute approximate surface area is 103 Å². The van der Waals surface area contributed by atoms with Crippen LogP contribution in [0.5, 0.6) is 0 Å². The van der Waals surface area contributed by atoms with Gasteiger partial charge in [-0.3, -0.25) is 9.58 Å². The van der Waals surface area contributed by atoms with Crippen molar-refractivity contribution in [1.82, 2.24) is 14.6 Å². The predicted octanol–water partition coefficient (Wildman–Crippen LogP) is 1.09. The molecular weight excluding hydrogens is 234 g/mol. The molecule has 1 aliphatic rings. The quantitative estimate of drug-likeness (QED) is 0.752. The molecule has 92 valence electrons. The number of aromatic nitrogens is 3. The second kappa shape index (κ2) is 4.02. The van der Waals surface area contributed by atoms with Crippen molar-refractivity contribution in [2.24, 2.45) is 0 Å². The largest absolute Gasteiger partial charge is 0.452 e. The number of anilines is 2. The lowest BCUT2D eigenvalue weighted by Crippen LogP contribution is -2.37. The molecule has 2 aromatic rings. The maximum absolute atomic E-state index is 11.7. The molecule has 0 spiro atoms. The third-order valence-corrected chi connectivity index (χ3v) is 2.75. The monoisotopic (exact) mass is 245 g/mol. The van der Waals surface area contributed by atoms with Gasteiger partial charge < -0.3 is 4.74 Å². The van der Waals surface area contributed by atoms with Crippen LogP contribution in [0.2, 0.25) is 0 Å². The van der Waals surface area contributed by atoms with Gasteiger partial charge in [-0.05, 0) is 12.1 Å². The summed E-state index contributed by atoms with van der Waals surface area (Å²) in [6.45, 7) is 0.343. The third-order valence-electron chi connectivity index (χ3n) is 2.75. The minimum atomic E-state index is -0.430. The average Bonchev–Trinajstić information content (AvgIpc) is 3.04. The van der Waals surface area contributed by atoms with Crippen LogP contribution >= 0.6 is 0 Å². The van der Waals surface area contributed by atoms with Gasteiger partial charge in [0.1, 0.15) is 18.7 Å². The summed E-state index contributed by atoms with van der Waals surface area (Å²) in [4.78, 5) is 21.3. The lowest BCUT2D eigenvalue weighted by atomic mass is 10.5. The van der Waals surface area contributed by atoms with Gasteiger partial charge in [0.05, 0.1) is 13.3 Å². The SMILES string of the molecule is COC(=O)N1CN(n2cccc2)c2ncncc21. The van der Waals surface area contributed by atoms with E-state index >= 15 is 0 Å². The number of fused-ring (bicyclic) bond motifs is 1. The molecule has 0 saturated heterocycles. The van der Waals surface area contributed by atoms with E-state index in [4.69, 9.17) is 4.74 Å². The van der Waals surface area contributed by atoms with Crippen molar-refractivity contribution >= 4 is 17.6 Å². The zero-order valence-corrected chi connectivity index (χ0v) is 9.72. The molecule has 1 aliphatic heterocycles. The molecule has 0 N–H and O–H groups in total. The summed E-state index contributed by atoms with van der Waals surface area (Å²) in [5, 5.41) is 1.86. The molecule has 1 amide bonds. The number of hydrogen-bond donors (Lipinski definition) is 0. The Bertz CT molecular complexity index is 569. The van der Waals surface area contributed by atoms with Crippen molar-refractivity contribution in [3.63, 3.8) is 0 Å². The molecule has 0 radical (unpaired) electrons. The number of rotatable bonds is 1. The maximum Gasteiger partial charge on any atom is 0.415 e. The summed E-state index contributed by atoms with van der Waals surface area (Å²) in [5.74, 6) is 0.673.